The second-order valence-corrected chi connectivity index (χ2v) is 6.31. The number of benzene rings is 1. The first-order valence-corrected chi connectivity index (χ1v) is 7.68. The van der Waals surface area contributed by atoms with Crippen LogP contribution in [0, 0.1) is 6.92 Å². The summed E-state index contributed by atoms with van der Waals surface area (Å²) in [6.07, 6.45) is 0.304. The van der Waals surface area contributed by atoms with Crippen molar-refractivity contribution >= 4 is 5.69 Å². The molecule has 1 N–H and O–H groups in total. The van der Waals surface area contributed by atoms with Gasteiger partial charge in [-0.05, 0) is 32.4 Å². The van der Waals surface area contributed by atoms with Gasteiger partial charge in [-0.25, -0.2) is 0 Å². The number of aryl methyl sites for hydroxylation is 1. The Hall–Kier alpha value is -1.06. The Morgan fingerprint density at radius 2 is 2.10 bits per heavy atom. The molecule has 1 aliphatic heterocycles. The Balaban J connectivity index is 2.24. The fraction of sp³-hybridized carbons (Fsp3) is 0.647. The molecule has 0 spiro atoms. The number of morpholine rings is 1. The van der Waals surface area contributed by atoms with Gasteiger partial charge in [-0.3, -0.25) is 0 Å². The van der Waals surface area contributed by atoms with Gasteiger partial charge in [-0.15, -0.1) is 0 Å². The van der Waals surface area contributed by atoms with E-state index in [1.807, 2.05) is 0 Å². The molecule has 1 heterocycles. The molecule has 0 aromatic heterocycles. The minimum atomic E-state index is 0.304. The van der Waals surface area contributed by atoms with E-state index in [2.05, 4.69) is 63.0 Å². The summed E-state index contributed by atoms with van der Waals surface area (Å²) in [6.45, 7) is 13.6. The second-order valence-electron chi connectivity index (χ2n) is 6.31. The quantitative estimate of drug-likeness (QED) is 0.914. The molecule has 1 aliphatic rings. The normalized spacial score (nSPS) is 23.4. The molecule has 2 rings (SSSR count). The van der Waals surface area contributed by atoms with Crippen LogP contribution in [-0.4, -0.2) is 31.3 Å². The van der Waals surface area contributed by atoms with Crippen LogP contribution in [0.25, 0.3) is 0 Å². The molecular weight excluding hydrogens is 248 g/mol. The number of hydrogen-bond acceptors (Lipinski definition) is 3. The van der Waals surface area contributed by atoms with Crippen LogP contribution >= 0.6 is 0 Å². The fourth-order valence-electron chi connectivity index (χ4n) is 2.69. The van der Waals surface area contributed by atoms with Gasteiger partial charge in [0, 0.05) is 30.9 Å². The van der Waals surface area contributed by atoms with Gasteiger partial charge in [-0.2, -0.15) is 0 Å². The number of hydrogen-bond donors (Lipinski definition) is 1. The predicted molar refractivity (Wildman–Crippen MR) is 85.4 cm³/mol. The molecule has 2 unspecified atom stereocenters. The third-order valence-electron chi connectivity index (χ3n) is 3.85. The van der Waals surface area contributed by atoms with Crippen molar-refractivity contribution in [3.63, 3.8) is 0 Å². The molecule has 3 heteroatoms. The Bertz CT molecular complexity index is 445. The monoisotopic (exact) mass is 276 g/mol. The van der Waals surface area contributed by atoms with Crippen molar-refractivity contribution in [1.29, 1.82) is 0 Å². The van der Waals surface area contributed by atoms with Crippen LogP contribution in [0.2, 0.25) is 0 Å². The highest BCUT2D eigenvalue weighted by Crippen LogP contribution is 2.27. The van der Waals surface area contributed by atoms with Crippen molar-refractivity contribution < 1.29 is 4.74 Å². The van der Waals surface area contributed by atoms with Crippen LogP contribution in [0.3, 0.4) is 0 Å². The van der Waals surface area contributed by atoms with Crippen molar-refractivity contribution in [2.45, 2.75) is 59.4 Å². The minimum absolute atomic E-state index is 0.304. The number of anilines is 1. The largest absolute Gasteiger partial charge is 0.375 e. The van der Waals surface area contributed by atoms with Crippen molar-refractivity contribution in [3.8, 4) is 0 Å². The Morgan fingerprint density at radius 3 is 2.80 bits per heavy atom. The Labute approximate surface area is 123 Å². The lowest BCUT2D eigenvalue weighted by atomic mass is 10.1. The smallest absolute Gasteiger partial charge is 0.0723 e. The van der Waals surface area contributed by atoms with Gasteiger partial charge < -0.3 is 15.0 Å². The first-order valence-electron chi connectivity index (χ1n) is 7.68. The Morgan fingerprint density at radius 1 is 1.35 bits per heavy atom. The lowest BCUT2D eigenvalue weighted by Crippen LogP contribution is -2.48. The first kappa shape index (κ1) is 15.3. The number of nitrogens with zero attached hydrogens (tertiary/aromatic N) is 1. The zero-order chi connectivity index (χ0) is 14.7. The number of ether oxygens (including phenoxy) is 1. The lowest BCUT2D eigenvalue weighted by Gasteiger charge is -2.39. The van der Waals surface area contributed by atoms with Crippen LogP contribution in [0.5, 0.6) is 0 Å². The molecule has 20 heavy (non-hydrogen) atoms. The molecule has 1 aromatic carbocycles. The van der Waals surface area contributed by atoms with E-state index in [-0.39, 0.29) is 0 Å². The average molecular weight is 276 g/mol. The van der Waals surface area contributed by atoms with Crippen molar-refractivity contribution in [2.24, 2.45) is 0 Å². The van der Waals surface area contributed by atoms with E-state index in [4.69, 9.17) is 4.74 Å². The number of rotatable bonds is 4. The van der Waals surface area contributed by atoms with Crippen molar-refractivity contribution in [1.82, 2.24) is 5.32 Å². The van der Waals surface area contributed by atoms with Gasteiger partial charge >= 0.3 is 0 Å². The molecule has 0 aliphatic carbocycles. The molecule has 0 radical (unpaired) electrons. The van der Waals surface area contributed by atoms with Crippen LogP contribution < -0.4 is 10.2 Å². The topological polar surface area (TPSA) is 24.5 Å². The summed E-state index contributed by atoms with van der Waals surface area (Å²) < 4.78 is 5.75. The summed E-state index contributed by atoms with van der Waals surface area (Å²) in [7, 11) is 0. The maximum atomic E-state index is 5.75. The van der Waals surface area contributed by atoms with E-state index in [1.165, 1.54) is 16.8 Å². The van der Waals surface area contributed by atoms with Crippen molar-refractivity contribution in [2.75, 3.05) is 18.1 Å². The van der Waals surface area contributed by atoms with Gasteiger partial charge in [0.1, 0.15) is 0 Å². The highest BCUT2D eigenvalue weighted by Gasteiger charge is 2.25. The lowest BCUT2D eigenvalue weighted by molar-refractivity contribution is 0.0343. The summed E-state index contributed by atoms with van der Waals surface area (Å²) >= 11 is 0. The first-order chi connectivity index (χ1) is 9.47. The maximum absolute atomic E-state index is 5.75. The SMILES string of the molecule is Cc1ccc(N2CC(C)OCC2C)c(CNC(C)C)c1. The molecule has 1 aromatic rings. The fourth-order valence-corrected chi connectivity index (χ4v) is 2.69. The van der Waals surface area contributed by atoms with E-state index in [9.17, 15) is 0 Å². The van der Waals surface area contributed by atoms with Crippen LogP contribution in [0.15, 0.2) is 18.2 Å². The van der Waals surface area contributed by atoms with Gasteiger partial charge in [-0.1, -0.05) is 31.5 Å². The van der Waals surface area contributed by atoms with Gasteiger partial charge in [0.25, 0.3) is 0 Å². The third-order valence-corrected chi connectivity index (χ3v) is 3.85. The summed E-state index contributed by atoms with van der Waals surface area (Å²) in [5.41, 5.74) is 4.06. The van der Waals surface area contributed by atoms with E-state index in [0.29, 0.717) is 18.2 Å². The van der Waals surface area contributed by atoms with Gasteiger partial charge in [0.15, 0.2) is 0 Å². The molecular formula is C17H28N2O. The highest BCUT2D eigenvalue weighted by atomic mass is 16.5. The maximum Gasteiger partial charge on any atom is 0.0723 e. The molecule has 112 valence electrons. The zero-order valence-electron chi connectivity index (χ0n) is 13.4. The van der Waals surface area contributed by atoms with E-state index in [0.717, 1.165) is 19.7 Å². The van der Waals surface area contributed by atoms with Crippen LogP contribution in [-0.2, 0) is 11.3 Å². The molecule has 0 amide bonds. The van der Waals surface area contributed by atoms with Crippen LogP contribution in [0.4, 0.5) is 5.69 Å². The third kappa shape index (κ3) is 3.74. The molecule has 0 bridgehead atoms. The van der Waals surface area contributed by atoms with E-state index >= 15 is 0 Å². The van der Waals surface area contributed by atoms with Crippen LogP contribution in [0.1, 0.15) is 38.8 Å². The molecule has 2 atom stereocenters. The zero-order valence-corrected chi connectivity index (χ0v) is 13.4. The Kier molecular flexibility index (Phi) is 5.06. The molecule has 3 nitrogen and oxygen atoms in total. The summed E-state index contributed by atoms with van der Waals surface area (Å²) in [4.78, 5) is 2.49. The molecule has 0 saturated carbocycles. The highest BCUT2D eigenvalue weighted by molar-refractivity contribution is 5.56. The summed E-state index contributed by atoms with van der Waals surface area (Å²) in [5.74, 6) is 0. The van der Waals surface area contributed by atoms with Crippen molar-refractivity contribution in [3.05, 3.63) is 29.3 Å². The van der Waals surface area contributed by atoms with E-state index in [1.54, 1.807) is 0 Å². The summed E-state index contributed by atoms with van der Waals surface area (Å²) in [5, 5.41) is 3.54. The predicted octanol–water partition coefficient (Wildman–Crippen LogP) is 3.11. The second kappa shape index (κ2) is 6.59. The number of nitrogens with one attached hydrogen (secondary N) is 1. The minimum Gasteiger partial charge on any atom is -0.375 e. The molecule has 1 fully saturated rings. The average Bonchev–Trinajstić information content (AvgIpc) is 2.39. The summed E-state index contributed by atoms with van der Waals surface area (Å²) in [6, 6.07) is 7.72. The van der Waals surface area contributed by atoms with Gasteiger partial charge in [0.2, 0.25) is 0 Å². The van der Waals surface area contributed by atoms with Gasteiger partial charge in [0.05, 0.1) is 12.7 Å². The standard InChI is InChI=1S/C17H28N2O/c1-12(2)18-9-16-8-13(3)6-7-17(16)19-10-15(5)20-11-14(19)4/h6-8,12,14-15,18H,9-11H2,1-5H3. The van der Waals surface area contributed by atoms with E-state index < -0.39 is 0 Å². The molecule has 1 saturated heterocycles.